The van der Waals surface area contributed by atoms with Gasteiger partial charge < -0.3 is 31.1 Å². The summed E-state index contributed by atoms with van der Waals surface area (Å²) >= 11 is 0. The van der Waals surface area contributed by atoms with Gasteiger partial charge in [0, 0.05) is 23.6 Å². The number of hydrogen-bond donors (Lipinski definition) is 4. The number of phenolic OH excluding ortho intramolecular Hbond substituents is 1. The third-order valence-electron chi connectivity index (χ3n) is 5.60. The van der Waals surface area contributed by atoms with E-state index in [9.17, 15) is 24.3 Å². The van der Waals surface area contributed by atoms with Gasteiger partial charge in [0.05, 0.1) is 0 Å². The Kier molecular flexibility index (Phi) is 8.98. The Morgan fingerprint density at radius 2 is 1.72 bits per heavy atom. The predicted molar refractivity (Wildman–Crippen MR) is 135 cm³/mol. The van der Waals surface area contributed by atoms with Gasteiger partial charge in [-0.25, -0.2) is 4.79 Å². The molecule has 1 fully saturated rings. The topological polar surface area (TPSA) is 151 Å². The zero-order valence-electron chi connectivity index (χ0n) is 22.3. The van der Waals surface area contributed by atoms with E-state index in [-0.39, 0.29) is 36.1 Å². The molecule has 5 N–H and O–H groups in total. The smallest absolute Gasteiger partial charge is 0.408 e. The lowest BCUT2D eigenvalue weighted by Crippen LogP contribution is -2.55. The lowest BCUT2D eigenvalue weighted by molar-refractivity contribution is -0.144. The van der Waals surface area contributed by atoms with Gasteiger partial charge in [-0.2, -0.15) is 0 Å². The summed E-state index contributed by atoms with van der Waals surface area (Å²) in [4.78, 5) is 53.1. The summed E-state index contributed by atoms with van der Waals surface area (Å²) in [6.07, 6.45) is -0.407. The number of primary amides is 1. The lowest BCUT2D eigenvalue weighted by atomic mass is 9.98. The Balaban J connectivity index is 2.53. The summed E-state index contributed by atoms with van der Waals surface area (Å²) in [5, 5.41) is 16.1. The van der Waals surface area contributed by atoms with Crippen LogP contribution in [-0.2, 0) is 19.1 Å². The largest absolute Gasteiger partial charge is 0.508 e. The third kappa shape index (κ3) is 8.42. The van der Waals surface area contributed by atoms with Crippen LogP contribution < -0.4 is 16.4 Å². The molecule has 4 atom stereocenters. The number of nitrogens with one attached hydrogen (secondary N) is 2. The Morgan fingerprint density at radius 3 is 2.19 bits per heavy atom. The number of ether oxygens (including phenoxy) is 1. The molecule has 1 aromatic carbocycles. The maximum Gasteiger partial charge on any atom is 0.408 e. The maximum absolute atomic E-state index is 14.0. The van der Waals surface area contributed by atoms with Crippen LogP contribution in [0, 0.1) is 5.92 Å². The first-order valence-electron chi connectivity index (χ1n) is 12.2. The number of hydrogen-bond acceptors (Lipinski definition) is 6. The molecule has 0 bridgehead atoms. The molecule has 1 aromatic rings. The Labute approximate surface area is 212 Å². The number of benzene rings is 1. The van der Waals surface area contributed by atoms with E-state index in [0.29, 0.717) is 6.42 Å². The van der Waals surface area contributed by atoms with Crippen molar-refractivity contribution in [2.45, 2.75) is 97.0 Å². The van der Waals surface area contributed by atoms with Crippen LogP contribution in [0.5, 0.6) is 5.75 Å². The van der Waals surface area contributed by atoms with E-state index >= 15 is 0 Å². The van der Waals surface area contributed by atoms with Gasteiger partial charge in [0.2, 0.25) is 17.7 Å². The molecule has 0 radical (unpaired) electrons. The highest BCUT2D eigenvalue weighted by atomic mass is 16.6. The van der Waals surface area contributed by atoms with Crippen molar-refractivity contribution in [2.24, 2.45) is 11.7 Å². The van der Waals surface area contributed by atoms with Crippen molar-refractivity contribution in [3.8, 4) is 5.75 Å². The van der Waals surface area contributed by atoms with Crippen LogP contribution in [0.4, 0.5) is 4.79 Å². The van der Waals surface area contributed by atoms with Crippen molar-refractivity contribution in [3.63, 3.8) is 0 Å². The number of aromatic hydroxyl groups is 1. The number of carbonyl (C=O) groups is 4. The second-order valence-corrected chi connectivity index (χ2v) is 11.4. The van der Waals surface area contributed by atoms with Gasteiger partial charge in [-0.3, -0.25) is 14.4 Å². The van der Waals surface area contributed by atoms with Gasteiger partial charge in [-0.1, -0.05) is 25.1 Å². The highest BCUT2D eigenvalue weighted by molar-refractivity contribution is 5.93. The van der Waals surface area contributed by atoms with Crippen LogP contribution in [0.25, 0.3) is 0 Å². The summed E-state index contributed by atoms with van der Waals surface area (Å²) in [5.74, 6) is -1.70. The molecule has 200 valence electrons. The maximum atomic E-state index is 14.0. The van der Waals surface area contributed by atoms with Crippen LogP contribution in [-0.4, -0.2) is 57.0 Å². The molecule has 10 heteroatoms. The van der Waals surface area contributed by atoms with Crippen molar-refractivity contribution >= 4 is 23.8 Å². The Hall–Kier alpha value is -3.30. The molecular formula is C26H40N4O6. The molecule has 36 heavy (non-hydrogen) atoms. The van der Waals surface area contributed by atoms with Gasteiger partial charge >= 0.3 is 6.09 Å². The van der Waals surface area contributed by atoms with Crippen LogP contribution in [0.3, 0.4) is 0 Å². The number of phenols is 1. The molecule has 0 saturated heterocycles. The third-order valence-corrected chi connectivity index (χ3v) is 5.60. The van der Waals surface area contributed by atoms with E-state index in [4.69, 9.17) is 10.5 Å². The molecule has 1 saturated carbocycles. The quantitative estimate of drug-likeness (QED) is 0.406. The summed E-state index contributed by atoms with van der Waals surface area (Å²) in [6.45, 7) is 12.5. The van der Waals surface area contributed by atoms with Crippen LogP contribution >= 0.6 is 0 Å². The minimum Gasteiger partial charge on any atom is -0.508 e. The van der Waals surface area contributed by atoms with Crippen molar-refractivity contribution in [3.05, 3.63) is 29.8 Å². The SMILES string of the molecule is CC1CC1N(C(=O)C(CCC(N)=O)NC(=O)OC(C)(C)C)C(C(=O)NC(C)(C)C)c1ccccc1O. The molecule has 1 aliphatic carbocycles. The monoisotopic (exact) mass is 504 g/mol. The zero-order valence-corrected chi connectivity index (χ0v) is 22.3. The normalized spacial score (nSPS) is 19.0. The Bertz CT molecular complexity index is 981. The van der Waals surface area contributed by atoms with E-state index in [0.717, 1.165) is 0 Å². The first-order chi connectivity index (χ1) is 16.5. The fraction of sp³-hybridized carbons (Fsp3) is 0.615. The molecule has 4 unspecified atom stereocenters. The van der Waals surface area contributed by atoms with Crippen LogP contribution in [0.2, 0.25) is 0 Å². The first kappa shape index (κ1) is 28.9. The van der Waals surface area contributed by atoms with Crippen LogP contribution in [0.1, 0.15) is 79.3 Å². The Morgan fingerprint density at radius 1 is 1.14 bits per heavy atom. The number of nitrogens with two attached hydrogens (primary N) is 1. The van der Waals surface area contributed by atoms with E-state index < -0.39 is 47.0 Å². The number of nitrogens with zero attached hydrogens (tertiary/aromatic N) is 1. The highest BCUT2D eigenvalue weighted by Gasteiger charge is 2.49. The average Bonchev–Trinajstić information content (AvgIpc) is 3.42. The standard InChI is InChI=1S/C26H40N4O6/c1-15-14-18(15)30(21(22(33)29-25(2,3)4)16-10-8-9-11-19(16)31)23(34)17(12-13-20(27)32)28-24(35)36-26(5,6)7/h8-11,15,17-18,21,31H,12-14H2,1-7H3,(H2,27,32)(H,28,35)(H,29,33). The van der Waals surface area contributed by atoms with Gasteiger partial charge in [0.25, 0.3) is 0 Å². The number of para-hydroxylation sites is 1. The molecule has 0 aliphatic heterocycles. The fourth-order valence-corrected chi connectivity index (χ4v) is 3.92. The van der Waals surface area contributed by atoms with Crippen molar-refractivity contribution in [1.82, 2.24) is 15.5 Å². The summed E-state index contributed by atoms with van der Waals surface area (Å²) in [5.41, 5.74) is 4.17. The van der Waals surface area contributed by atoms with Gasteiger partial charge in [-0.05, 0) is 66.4 Å². The minimum atomic E-state index is -1.17. The first-order valence-corrected chi connectivity index (χ1v) is 12.2. The number of carbonyl (C=O) groups excluding carboxylic acids is 4. The van der Waals surface area contributed by atoms with Crippen LogP contribution in [0.15, 0.2) is 24.3 Å². The van der Waals surface area contributed by atoms with Gasteiger partial charge in [0.1, 0.15) is 23.4 Å². The molecule has 0 spiro atoms. The molecule has 1 aliphatic rings. The molecule has 2 rings (SSSR count). The number of alkyl carbamates (subject to hydrolysis) is 1. The van der Waals surface area contributed by atoms with Crippen molar-refractivity contribution in [2.75, 3.05) is 0 Å². The minimum absolute atomic E-state index is 0.0700. The van der Waals surface area contributed by atoms with Gasteiger partial charge in [-0.15, -0.1) is 0 Å². The summed E-state index contributed by atoms with van der Waals surface area (Å²) < 4.78 is 5.32. The average molecular weight is 505 g/mol. The molecule has 0 heterocycles. The second kappa shape index (κ2) is 11.2. The van der Waals surface area contributed by atoms with Crippen molar-refractivity contribution in [1.29, 1.82) is 0 Å². The van der Waals surface area contributed by atoms with E-state index in [1.165, 1.54) is 11.0 Å². The van der Waals surface area contributed by atoms with Crippen molar-refractivity contribution < 1.29 is 29.0 Å². The predicted octanol–water partition coefficient (Wildman–Crippen LogP) is 2.74. The lowest BCUT2D eigenvalue weighted by Gasteiger charge is -2.36. The number of rotatable bonds is 9. The van der Waals surface area contributed by atoms with Gasteiger partial charge in [0.15, 0.2) is 0 Å². The zero-order chi connectivity index (χ0) is 27.4. The molecule has 10 nitrogen and oxygen atoms in total. The van der Waals surface area contributed by atoms with E-state index in [2.05, 4.69) is 10.6 Å². The summed E-state index contributed by atoms with van der Waals surface area (Å²) in [7, 11) is 0. The highest BCUT2D eigenvalue weighted by Crippen LogP contribution is 2.42. The molecule has 4 amide bonds. The molecular weight excluding hydrogens is 464 g/mol. The van der Waals surface area contributed by atoms with E-state index in [1.807, 2.05) is 27.7 Å². The summed E-state index contributed by atoms with van der Waals surface area (Å²) in [6, 6.07) is 3.72. The number of amides is 4. The molecule has 0 aromatic heterocycles. The van der Waals surface area contributed by atoms with E-state index in [1.54, 1.807) is 39.0 Å². The fourth-order valence-electron chi connectivity index (χ4n) is 3.92. The second-order valence-electron chi connectivity index (χ2n) is 11.4.